The summed E-state index contributed by atoms with van der Waals surface area (Å²) in [6.07, 6.45) is 0. The summed E-state index contributed by atoms with van der Waals surface area (Å²) in [7, 11) is 0. The van der Waals surface area contributed by atoms with Crippen LogP contribution in [0.25, 0.3) is 88.4 Å². The Labute approximate surface area is 266 Å². The third kappa shape index (κ3) is 4.33. The summed E-state index contributed by atoms with van der Waals surface area (Å²) in [5.41, 5.74) is 5.30. The minimum Gasteiger partial charge on any atom is -0.208 e. The van der Waals surface area contributed by atoms with Crippen LogP contribution in [-0.4, -0.2) is 15.0 Å². The summed E-state index contributed by atoms with van der Waals surface area (Å²) >= 11 is 0. The van der Waals surface area contributed by atoms with Crippen LogP contribution in [0.5, 0.6) is 0 Å². The fraction of sp³-hybridized carbons (Fsp3) is 0. The zero-order valence-electron chi connectivity index (χ0n) is 24.9. The Morgan fingerprint density at radius 3 is 1.50 bits per heavy atom. The maximum atomic E-state index is 5.05. The van der Waals surface area contributed by atoms with Crippen LogP contribution in [0.3, 0.4) is 0 Å². The van der Waals surface area contributed by atoms with Gasteiger partial charge in [-0.25, -0.2) is 15.0 Å². The summed E-state index contributed by atoms with van der Waals surface area (Å²) in [6.45, 7) is 0. The molecule has 9 rings (SSSR count). The van der Waals surface area contributed by atoms with Crippen molar-refractivity contribution in [2.24, 2.45) is 0 Å². The molecule has 0 atom stereocenters. The lowest BCUT2D eigenvalue weighted by Crippen LogP contribution is -2.00. The van der Waals surface area contributed by atoms with E-state index in [0.717, 1.165) is 27.5 Å². The summed E-state index contributed by atoms with van der Waals surface area (Å²) < 4.78 is 0. The molecular formula is C43H27N3. The minimum atomic E-state index is 0.658. The van der Waals surface area contributed by atoms with Crippen LogP contribution >= 0.6 is 0 Å². The molecule has 3 nitrogen and oxygen atoms in total. The Hall–Kier alpha value is -6.19. The van der Waals surface area contributed by atoms with Gasteiger partial charge in [-0.2, -0.15) is 0 Å². The Kier molecular flexibility index (Phi) is 6.14. The van der Waals surface area contributed by atoms with E-state index in [0.29, 0.717) is 17.5 Å². The van der Waals surface area contributed by atoms with Crippen molar-refractivity contribution in [3.05, 3.63) is 164 Å². The topological polar surface area (TPSA) is 38.7 Å². The number of nitrogens with zero attached hydrogens (tertiary/aromatic N) is 3. The Morgan fingerprint density at radius 2 is 0.783 bits per heavy atom. The van der Waals surface area contributed by atoms with Crippen LogP contribution in [0.4, 0.5) is 0 Å². The lowest BCUT2D eigenvalue weighted by Gasteiger charge is -2.16. The van der Waals surface area contributed by atoms with Gasteiger partial charge in [0.05, 0.1) is 0 Å². The molecule has 8 aromatic carbocycles. The number of rotatable bonds is 4. The van der Waals surface area contributed by atoms with Crippen LogP contribution in [0.1, 0.15) is 0 Å². The second-order valence-electron chi connectivity index (χ2n) is 11.6. The van der Waals surface area contributed by atoms with Crippen LogP contribution in [0.2, 0.25) is 0 Å². The van der Waals surface area contributed by atoms with Gasteiger partial charge in [-0.15, -0.1) is 0 Å². The van der Waals surface area contributed by atoms with Crippen molar-refractivity contribution in [2.75, 3.05) is 0 Å². The standard InChI is InChI=1S/C43H27N3/c1-3-13-30(14-4-1)41-44-42(31-15-5-2-6-16-31)46-43(45-41)39-27-26-36(33-19-9-10-20-34(33)39)37-21-11-17-29-23-24-35-32-18-8-7-12-28(32)22-25-38(35)40(29)37/h1-27H. The normalized spacial score (nSPS) is 11.5. The molecule has 214 valence electrons. The molecule has 0 bridgehead atoms. The van der Waals surface area contributed by atoms with Crippen molar-refractivity contribution in [1.29, 1.82) is 0 Å². The summed E-state index contributed by atoms with van der Waals surface area (Å²) in [4.78, 5) is 15.0. The molecule has 0 radical (unpaired) electrons. The molecule has 9 aromatic rings. The predicted octanol–water partition coefficient (Wildman–Crippen LogP) is 11.2. The first-order chi connectivity index (χ1) is 22.8. The maximum Gasteiger partial charge on any atom is 0.164 e. The average Bonchev–Trinajstić information content (AvgIpc) is 3.14. The summed E-state index contributed by atoms with van der Waals surface area (Å²) in [6, 6.07) is 57.6. The first-order valence-electron chi connectivity index (χ1n) is 15.5. The third-order valence-electron chi connectivity index (χ3n) is 8.92. The van der Waals surface area contributed by atoms with E-state index < -0.39 is 0 Å². The number of fused-ring (bicyclic) bond motifs is 6. The zero-order valence-corrected chi connectivity index (χ0v) is 24.9. The van der Waals surface area contributed by atoms with Gasteiger partial charge in [-0.05, 0) is 60.3 Å². The molecule has 0 aliphatic carbocycles. The highest BCUT2D eigenvalue weighted by molar-refractivity contribution is 6.22. The molecule has 0 unspecified atom stereocenters. The van der Waals surface area contributed by atoms with Gasteiger partial charge < -0.3 is 0 Å². The average molecular weight is 586 g/mol. The Bertz CT molecular complexity index is 2520. The van der Waals surface area contributed by atoms with E-state index in [1.54, 1.807) is 0 Å². The quantitative estimate of drug-likeness (QED) is 0.193. The Morgan fingerprint density at radius 1 is 0.261 bits per heavy atom. The fourth-order valence-corrected chi connectivity index (χ4v) is 6.76. The Balaban J connectivity index is 1.29. The second-order valence-corrected chi connectivity index (χ2v) is 11.6. The molecule has 1 aromatic heterocycles. The van der Waals surface area contributed by atoms with E-state index in [4.69, 9.17) is 15.0 Å². The molecule has 0 amide bonds. The highest BCUT2D eigenvalue weighted by Gasteiger charge is 2.17. The number of hydrogen-bond donors (Lipinski definition) is 0. The fourth-order valence-electron chi connectivity index (χ4n) is 6.76. The molecule has 1 heterocycles. The van der Waals surface area contributed by atoms with E-state index in [9.17, 15) is 0 Å². The SMILES string of the molecule is c1ccc(-c2nc(-c3ccccc3)nc(-c3ccc(-c4cccc5ccc6c7ccccc7ccc6c45)c4ccccc34)n2)cc1. The van der Waals surface area contributed by atoms with Crippen molar-refractivity contribution in [1.82, 2.24) is 15.0 Å². The zero-order chi connectivity index (χ0) is 30.5. The summed E-state index contributed by atoms with van der Waals surface area (Å²) in [5, 5.41) is 9.81. The smallest absolute Gasteiger partial charge is 0.164 e. The van der Waals surface area contributed by atoms with Gasteiger partial charge in [0.2, 0.25) is 0 Å². The second kappa shape index (κ2) is 10.8. The molecule has 0 fully saturated rings. The molecular weight excluding hydrogens is 558 g/mol. The van der Waals surface area contributed by atoms with Gasteiger partial charge in [-0.1, -0.05) is 158 Å². The third-order valence-corrected chi connectivity index (χ3v) is 8.92. The van der Waals surface area contributed by atoms with Crippen molar-refractivity contribution < 1.29 is 0 Å². The summed E-state index contributed by atoms with van der Waals surface area (Å²) in [5.74, 6) is 1.97. The number of benzene rings is 8. The van der Waals surface area contributed by atoms with Gasteiger partial charge in [0.15, 0.2) is 17.5 Å². The van der Waals surface area contributed by atoms with Crippen LogP contribution in [-0.2, 0) is 0 Å². The van der Waals surface area contributed by atoms with E-state index in [1.807, 2.05) is 60.7 Å². The van der Waals surface area contributed by atoms with Crippen LogP contribution < -0.4 is 0 Å². The lowest BCUT2D eigenvalue weighted by atomic mass is 9.89. The highest BCUT2D eigenvalue weighted by Crippen LogP contribution is 2.41. The van der Waals surface area contributed by atoms with Gasteiger partial charge in [0.25, 0.3) is 0 Å². The van der Waals surface area contributed by atoms with Gasteiger partial charge in [0, 0.05) is 16.7 Å². The molecule has 0 N–H and O–H groups in total. The van der Waals surface area contributed by atoms with E-state index in [2.05, 4.69) is 103 Å². The van der Waals surface area contributed by atoms with Crippen molar-refractivity contribution in [3.63, 3.8) is 0 Å². The van der Waals surface area contributed by atoms with Gasteiger partial charge in [0.1, 0.15) is 0 Å². The van der Waals surface area contributed by atoms with Crippen molar-refractivity contribution in [3.8, 4) is 45.3 Å². The number of hydrogen-bond acceptors (Lipinski definition) is 3. The molecule has 0 saturated carbocycles. The molecule has 3 heteroatoms. The first-order valence-corrected chi connectivity index (χ1v) is 15.5. The van der Waals surface area contributed by atoms with E-state index in [-0.39, 0.29) is 0 Å². The van der Waals surface area contributed by atoms with E-state index >= 15 is 0 Å². The molecule has 0 saturated heterocycles. The number of aromatic nitrogens is 3. The van der Waals surface area contributed by atoms with Crippen LogP contribution in [0, 0.1) is 0 Å². The largest absolute Gasteiger partial charge is 0.208 e. The molecule has 0 spiro atoms. The van der Waals surface area contributed by atoms with Crippen molar-refractivity contribution in [2.45, 2.75) is 0 Å². The maximum absolute atomic E-state index is 5.05. The van der Waals surface area contributed by atoms with Gasteiger partial charge >= 0.3 is 0 Å². The predicted molar refractivity (Wildman–Crippen MR) is 192 cm³/mol. The molecule has 46 heavy (non-hydrogen) atoms. The lowest BCUT2D eigenvalue weighted by molar-refractivity contribution is 1.08. The van der Waals surface area contributed by atoms with Crippen molar-refractivity contribution >= 4 is 43.1 Å². The van der Waals surface area contributed by atoms with E-state index in [1.165, 1.54) is 43.4 Å². The molecule has 0 aliphatic heterocycles. The first kappa shape index (κ1) is 26.2. The van der Waals surface area contributed by atoms with Crippen LogP contribution in [0.15, 0.2) is 164 Å². The highest BCUT2D eigenvalue weighted by atomic mass is 15.0. The monoisotopic (exact) mass is 585 g/mol. The molecule has 0 aliphatic rings. The minimum absolute atomic E-state index is 0.658. The van der Waals surface area contributed by atoms with Gasteiger partial charge in [-0.3, -0.25) is 0 Å².